The predicted molar refractivity (Wildman–Crippen MR) is 81.4 cm³/mol. The van der Waals surface area contributed by atoms with E-state index in [9.17, 15) is 4.79 Å². The first kappa shape index (κ1) is 13.1. The van der Waals surface area contributed by atoms with Gasteiger partial charge < -0.3 is 9.73 Å². The minimum atomic E-state index is -0.328. The van der Waals surface area contributed by atoms with Crippen molar-refractivity contribution in [2.45, 2.75) is 13.0 Å². The molecular formula is C15H16N2O2S. The SMILES string of the molecule is CNC(c1ccc2c(c1)oc(=O)n2C)c1sccc1C. The molecule has 1 N–H and O–H groups in total. The molecule has 1 unspecified atom stereocenters. The van der Waals surface area contributed by atoms with Crippen LogP contribution in [0.5, 0.6) is 0 Å². The van der Waals surface area contributed by atoms with Gasteiger partial charge in [0, 0.05) is 11.9 Å². The maximum Gasteiger partial charge on any atom is 0.419 e. The van der Waals surface area contributed by atoms with E-state index in [2.05, 4.69) is 23.7 Å². The smallest absolute Gasteiger partial charge is 0.408 e. The lowest BCUT2D eigenvalue weighted by atomic mass is 10.0. The molecule has 2 aromatic heterocycles. The molecule has 0 bridgehead atoms. The molecule has 3 rings (SSSR count). The predicted octanol–water partition coefficient (Wildman–Crippen LogP) is 2.81. The van der Waals surface area contributed by atoms with Crippen LogP contribution in [0.1, 0.15) is 22.0 Å². The van der Waals surface area contributed by atoms with Gasteiger partial charge in [0.2, 0.25) is 0 Å². The number of oxazole rings is 1. The van der Waals surface area contributed by atoms with Gasteiger partial charge in [-0.2, -0.15) is 0 Å². The van der Waals surface area contributed by atoms with Crippen molar-refractivity contribution in [2.75, 3.05) is 7.05 Å². The van der Waals surface area contributed by atoms with Gasteiger partial charge in [0.15, 0.2) is 5.58 Å². The highest BCUT2D eigenvalue weighted by Gasteiger charge is 2.17. The fraction of sp³-hybridized carbons (Fsp3) is 0.267. The van der Waals surface area contributed by atoms with Crippen molar-refractivity contribution in [2.24, 2.45) is 7.05 Å². The molecule has 2 heterocycles. The molecule has 104 valence electrons. The van der Waals surface area contributed by atoms with Crippen molar-refractivity contribution in [3.8, 4) is 0 Å². The Morgan fingerprint density at radius 1 is 1.35 bits per heavy atom. The number of rotatable bonds is 3. The van der Waals surface area contributed by atoms with Gasteiger partial charge in [0.1, 0.15) is 0 Å². The van der Waals surface area contributed by atoms with Crippen LogP contribution in [0, 0.1) is 6.92 Å². The van der Waals surface area contributed by atoms with Crippen molar-refractivity contribution in [3.05, 3.63) is 56.2 Å². The normalized spacial score (nSPS) is 12.9. The highest BCUT2D eigenvalue weighted by atomic mass is 32.1. The lowest BCUT2D eigenvalue weighted by Crippen LogP contribution is -2.17. The third-order valence-corrected chi connectivity index (χ3v) is 4.69. The minimum Gasteiger partial charge on any atom is -0.408 e. The quantitative estimate of drug-likeness (QED) is 0.806. The maximum absolute atomic E-state index is 11.6. The molecule has 0 fully saturated rings. The topological polar surface area (TPSA) is 47.2 Å². The van der Waals surface area contributed by atoms with E-state index in [4.69, 9.17) is 4.42 Å². The molecule has 0 aliphatic carbocycles. The van der Waals surface area contributed by atoms with Gasteiger partial charge in [-0.15, -0.1) is 11.3 Å². The molecule has 0 amide bonds. The second-order valence-electron chi connectivity index (χ2n) is 4.84. The molecule has 20 heavy (non-hydrogen) atoms. The van der Waals surface area contributed by atoms with Crippen LogP contribution in [0.4, 0.5) is 0 Å². The molecule has 1 atom stereocenters. The zero-order valence-corrected chi connectivity index (χ0v) is 12.5. The van der Waals surface area contributed by atoms with Crippen LogP contribution in [0.25, 0.3) is 11.1 Å². The summed E-state index contributed by atoms with van der Waals surface area (Å²) >= 11 is 1.73. The van der Waals surface area contributed by atoms with Gasteiger partial charge in [0.25, 0.3) is 0 Å². The van der Waals surface area contributed by atoms with Crippen LogP contribution >= 0.6 is 11.3 Å². The summed E-state index contributed by atoms with van der Waals surface area (Å²) in [5, 5.41) is 5.42. The third kappa shape index (κ3) is 1.99. The van der Waals surface area contributed by atoms with Gasteiger partial charge in [-0.05, 0) is 48.7 Å². The Morgan fingerprint density at radius 2 is 2.15 bits per heavy atom. The number of thiophene rings is 1. The van der Waals surface area contributed by atoms with Gasteiger partial charge in [-0.1, -0.05) is 6.07 Å². The highest BCUT2D eigenvalue weighted by Crippen LogP contribution is 2.30. The van der Waals surface area contributed by atoms with E-state index in [-0.39, 0.29) is 11.8 Å². The summed E-state index contributed by atoms with van der Waals surface area (Å²) in [7, 11) is 3.65. The zero-order valence-electron chi connectivity index (χ0n) is 11.6. The minimum absolute atomic E-state index is 0.116. The average molecular weight is 288 g/mol. The molecule has 0 saturated carbocycles. The number of hydrogen-bond donors (Lipinski definition) is 1. The van der Waals surface area contributed by atoms with E-state index < -0.39 is 0 Å². The van der Waals surface area contributed by atoms with Crippen molar-refractivity contribution < 1.29 is 4.42 Å². The summed E-state index contributed by atoms with van der Waals surface area (Å²) in [6.45, 7) is 2.11. The van der Waals surface area contributed by atoms with Crippen LogP contribution in [-0.4, -0.2) is 11.6 Å². The second kappa shape index (κ2) is 4.92. The largest absolute Gasteiger partial charge is 0.419 e. The monoisotopic (exact) mass is 288 g/mol. The fourth-order valence-corrected chi connectivity index (χ4v) is 3.52. The van der Waals surface area contributed by atoms with Gasteiger partial charge in [-0.3, -0.25) is 4.57 Å². The van der Waals surface area contributed by atoms with Crippen LogP contribution in [-0.2, 0) is 7.05 Å². The number of nitrogens with zero attached hydrogens (tertiary/aromatic N) is 1. The molecular weight excluding hydrogens is 272 g/mol. The molecule has 0 aliphatic rings. The standard InChI is InChI=1S/C15H16N2O2S/c1-9-6-7-20-14(9)13(16-2)10-4-5-11-12(8-10)19-15(18)17(11)3/h4-8,13,16H,1-3H3. The Bertz CT molecular complexity index is 813. The summed E-state index contributed by atoms with van der Waals surface area (Å²) in [5.41, 5.74) is 3.81. The molecule has 0 radical (unpaired) electrons. The molecule has 4 nitrogen and oxygen atoms in total. The number of aromatic nitrogens is 1. The first-order valence-electron chi connectivity index (χ1n) is 6.42. The molecule has 0 aliphatic heterocycles. The van der Waals surface area contributed by atoms with E-state index in [0.29, 0.717) is 5.58 Å². The van der Waals surface area contributed by atoms with E-state index >= 15 is 0 Å². The summed E-state index contributed by atoms with van der Waals surface area (Å²) in [6.07, 6.45) is 0. The number of hydrogen-bond acceptors (Lipinski definition) is 4. The summed E-state index contributed by atoms with van der Waals surface area (Å²) in [5.74, 6) is -0.328. The fourth-order valence-electron chi connectivity index (χ4n) is 2.46. The Labute approximate surface area is 120 Å². The molecule has 1 aromatic carbocycles. The van der Waals surface area contributed by atoms with Gasteiger partial charge >= 0.3 is 5.76 Å². The second-order valence-corrected chi connectivity index (χ2v) is 5.79. The van der Waals surface area contributed by atoms with Crippen molar-refractivity contribution in [1.29, 1.82) is 0 Å². The summed E-state index contributed by atoms with van der Waals surface area (Å²) in [4.78, 5) is 12.8. The Balaban J connectivity index is 2.13. The van der Waals surface area contributed by atoms with Crippen LogP contribution in [0.3, 0.4) is 0 Å². The van der Waals surface area contributed by atoms with Gasteiger partial charge in [-0.25, -0.2) is 4.79 Å². The number of nitrogens with one attached hydrogen (secondary N) is 1. The summed E-state index contributed by atoms with van der Waals surface area (Å²) in [6, 6.07) is 8.15. The van der Waals surface area contributed by atoms with Crippen LogP contribution < -0.4 is 11.1 Å². The molecule has 3 aromatic rings. The first-order chi connectivity index (χ1) is 9.61. The van der Waals surface area contributed by atoms with E-state index in [1.807, 2.05) is 25.2 Å². The van der Waals surface area contributed by atoms with Crippen LogP contribution in [0.2, 0.25) is 0 Å². The number of fused-ring (bicyclic) bond motifs is 1. The van der Waals surface area contributed by atoms with Crippen molar-refractivity contribution in [3.63, 3.8) is 0 Å². The number of aryl methyl sites for hydroxylation is 2. The third-order valence-electron chi connectivity index (χ3n) is 3.60. The molecule has 5 heteroatoms. The number of benzene rings is 1. The van der Waals surface area contributed by atoms with Crippen LogP contribution in [0.15, 0.2) is 38.9 Å². The maximum atomic E-state index is 11.6. The van der Waals surface area contributed by atoms with E-state index in [0.717, 1.165) is 11.1 Å². The van der Waals surface area contributed by atoms with Crippen molar-refractivity contribution in [1.82, 2.24) is 9.88 Å². The molecule has 0 saturated heterocycles. The van der Waals surface area contributed by atoms with E-state index in [1.165, 1.54) is 15.0 Å². The lowest BCUT2D eigenvalue weighted by molar-refractivity contribution is 0.527. The lowest BCUT2D eigenvalue weighted by Gasteiger charge is -2.16. The van der Waals surface area contributed by atoms with E-state index in [1.54, 1.807) is 18.4 Å². The Morgan fingerprint density at radius 3 is 2.80 bits per heavy atom. The van der Waals surface area contributed by atoms with Crippen molar-refractivity contribution >= 4 is 22.4 Å². The Hall–Kier alpha value is -1.85. The average Bonchev–Trinajstić information content (AvgIpc) is 2.96. The zero-order chi connectivity index (χ0) is 14.3. The summed E-state index contributed by atoms with van der Waals surface area (Å²) < 4.78 is 6.78. The Kier molecular flexibility index (Phi) is 3.23. The molecule has 0 spiro atoms. The first-order valence-corrected chi connectivity index (χ1v) is 7.30. The van der Waals surface area contributed by atoms with Gasteiger partial charge in [0.05, 0.1) is 11.6 Å². The highest BCUT2D eigenvalue weighted by molar-refractivity contribution is 7.10.